The van der Waals surface area contributed by atoms with E-state index in [4.69, 9.17) is 16.1 Å². The predicted molar refractivity (Wildman–Crippen MR) is 102 cm³/mol. The molecule has 0 spiro atoms. The summed E-state index contributed by atoms with van der Waals surface area (Å²) in [7, 11) is 0. The Labute approximate surface area is 162 Å². The summed E-state index contributed by atoms with van der Waals surface area (Å²) in [6.07, 6.45) is 0. The molecule has 0 saturated carbocycles. The maximum atomic E-state index is 12.1. The molecular weight excluding hydrogens is 422 g/mol. The van der Waals surface area contributed by atoms with Gasteiger partial charge in [-0.25, -0.2) is 0 Å². The molecule has 2 aromatic carbocycles. The van der Waals surface area contributed by atoms with Crippen LogP contribution in [0.25, 0.3) is 11.3 Å². The molecule has 1 heterocycles. The summed E-state index contributed by atoms with van der Waals surface area (Å²) in [5.41, 5.74) is 1.31. The third kappa shape index (κ3) is 4.30. The topological polar surface area (TPSA) is 84.2 Å². The molecule has 6 nitrogen and oxygen atoms in total. The van der Waals surface area contributed by atoms with Gasteiger partial charge in [0.25, 0.3) is 5.91 Å². The van der Waals surface area contributed by atoms with Gasteiger partial charge in [-0.1, -0.05) is 41.0 Å². The highest BCUT2D eigenvalue weighted by Crippen LogP contribution is 2.27. The summed E-state index contributed by atoms with van der Waals surface area (Å²) in [6, 6.07) is 15.7. The van der Waals surface area contributed by atoms with Gasteiger partial charge in [0.2, 0.25) is 5.91 Å². The van der Waals surface area contributed by atoms with Gasteiger partial charge in [0.05, 0.1) is 17.3 Å². The van der Waals surface area contributed by atoms with Gasteiger partial charge in [-0.3, -0.25) is 9.59 Å². The van der Waals surface area contributed by atoms with Crippen molar-refractivity contribution in [3.05, 3.63) is 69.8 Å². The van der Waals surface area contributed by atoms with Gasteiger partial charge in [-0.2, -0.15) is 0 Å². The van der Waals surface area contributed by atoms with E-state index in [0.717, 1.165) is 4.47 Å². The average molecular weight is 435 g/mol. The Hall–Kier alpha value is -2.64. The number of rotatable bonds is 5. The fourth-order valence-corrected chi connectivity index (χ4v) is 2.79. The van der Waals surface area contributed by atoms with Crippen molar-refractivity contribution in [1.82, 2.24) is 10.5 Å². The van der Waals surface area contributed by atoms with Crippen molar-refractivity contribution < 1.29 is 14.1 Å². The quantitative estimate of drug-likeness (QED) is 0.632. The molecule has 0 radical (unpaired) electrons. The second-order valence-corrected chi connectivity index (χ2v) is 6.53. The van der Waals surface area contributed by atoms with Crippen molar-refractivity contribution in [1.29, 1.82) is 0 Å². The van der Waals surface area contributed by atoms with Gasteiger partial charge in [-0.05, 0) is 40.2 Å². The first-order valence-electron chi connectivity index (χ1n) is 7.59. The van der Waals surface area contributed by atoms with Crippen LogP contribution in [0.3, 0.4) is 0 Å². The van der Waals surface area contributed by atoms with Gasteiger partial charge in [-0.15, -0.1) is 0 Å². The summed E-state index contributed by atoms with van der Waals surface area (Å²) >= 11 is 9.43. The SMILES string of the molecule is O=C(CNC(=O)c1cc(-c2ccccc2Cl)on1)Nc1ccccc1Br. The lowest BCUT2D eigenvalue weighted by atomic mass is 10.1. The number of carbonyl (C=O) groups excluding carboxylic acids is 2. The second kappa shape index (κ2) is 8.16. The van der Waals surface area contributed by atoms with E-state index in [9.17, 15) is 9.59 Å². The Morgan fingerprint density at radius 1 is 1.12 bits per heavy atom. The van der Waals surface area contributed by atoms with Crippen LogP contribution < -0.4 is 10.6 Å². The molecule has 2 N–H and O–H groups in total. The van der Waals surface area contributed by atoms with E-state index in [2.05, 4.69) is 31.7 Å². The molecule has 2 amide bonds. The number of aromatic nitrogens is 1. The van der Waals surface area contributed by atoms with Crippen LogP contribution in [0.2, 0.25) is 5.02 Å². The number of nitrogens with one attached hydrogen (secondary N) is 2. The summed E-state index contributed by atoms with van der Waals surface area (Å²) in [4.78, 5) is 24.1. The Bertz CT molecular complexity index is 958. The smallest absolute Gasteiger partial charge is 0.273 e. The van der Waals surface area contributed by atoms with Crippen molar-refractivity contribution in [3.63, 3.8) is 0 Å². The maximum Gasteiger partial charge on any atom is 0.273 e. The van der Waals surface area contributed by atoms with Crippen molar-refractivity contribution in [3.8, 4) is 11.3 Å². The minimum absolute atomic E-state index is 0.0635. The number of anilines is 1. The zero-order valence-electron chi connectivity index (χ0n) is 13.3. The molecule has 0 aliphatic carbocycles. The Balaban J connectivity index is 1.60. The number of hydrogen-bond donors (Lipinski definition) is 2. The summed E-state index contributed by atoms with van der Waals surface area (Å²) in [5.74, 6) is -0.507. The number of benzene rings is 2. The van der Waals surface area contributed by atoms with E-state index in [0.29, 0.717) is 22.0 Å². The van der Waals surface area contributed by atoms with E-state index in [1.54, 1.807) is 42.5 Å². The molecule has 0 saturated heterocycles. The monoisotopic (exact) mass is 433 g/mol. The van der Waals surface area contributed by atoms with Crippen molar-refractivity contribution in [2.24, 2.45) is 0 Å². The van der Waals surface area contributed by atoms with Crippen LogP contribution in [-0.4, -0.2) is 23.5 Å². The molecule has 8 heteroatoms. The van der Waals surface area contributed by atoms with E-state index in [-0.39, 0.29) is 18.1 Å². The number of para-hydroxylation sites is 1. The lowest BCUT2D eigenvalue weighted by Crippen LogP contribution is -2.33. The predicted octanol–water partition coefficient (Wildman–Crippen LogP) is 4.13. The average Bonchev–Trinajstić information content (AvgIpc) is 3.12. The van der Waals surface area contributed by atoms with Gasteiger partial charge in [0, 0.05) is 16.1 Å². The molecule has 3 aromatic rings. The molecule has 132 valence electrons. The third-order valence-corrected chi connectivity index (χ3v) is 4.46. The van der Waals surface area contributed by atoms with Gasteiger partial charge < -0.3 is 15.2 Å². The number of nitrogens with zero attached hydrogens (tertiary/aromatic N) is 1. The fourth-order valence-electron chi connectivity index (χ4n) is 2.18. The lowest BCUT2D eigenvalue weighted by molar-refractivity contribution is -0.115. The molecule has 0 bridgehead atoms. The van der Waals surface area contributed by atoms with E-state index in [1.807, 2.05) is 6.07 Å². The lowest BCUT2D eigenvalue weighted by Gasteiger charge is -2.07. The minimum Gasteiger partial charge on any atom is -0.355 e. The van der Waals surface area contributed by atoms with E-state index < -0.39 is 5.91 Å². The molecule has 0 fully saturated rings. The van der Waals surface area contributed by atoms with Gasteiger partial charge in [0.1, 0.15) is 0 Å². The van der Waals surface area contributed by atoms with Gasteiger partial charge in [0.15, 0.2) is 11.5 Å². The van der Waals surface area contributed by atoms with Crippen LogP contribution in [0.4, 0.5) is 5.69 Å². The summed E-state index contributed by atoms with van der Waals surface area (Å²) in [6.45, 7) is -0.200. The normalized spacial score (nSPS) is 10.4. The third-order valence-electron chi connectivity index (χ3n) is 3.44. The summed E-state index contributed by atoms with van der Waals surface area (Å²) in [5, 5.41) is 9.40. The Morgan fingerprint density at radius 3 is 2.62 bits per heavy atom. The van der Waals surface area contributed by atoms with Gasteiger partial charge >= 0.3 is 0 Å². The standard InChI is InChI=1S/C18H13BrClN3O3/c19-12-6-2-4-8-14(12)22-17(24)10-21-18(25)15-9-16(26-23-15)11-5-1-3-7-13(11)20/h1-9H,10H2,(H,21,25)(H,22,24). The molecule has 1 aromatic heterocycles. The first-order chi connectivity index (χ1) is 12.5. The van der Waals surface area contributed by atoms with Crippen molar-refractivity contribution >= 4 is 45.0 Å². The first-order valence-corrected chi connectivity index (χ1v) is 8.76. The highest BCUT2D eigenvalue weighted by Gasteiger charge is 2.16. The maximum absolute atomic E-state index is 12.1. The van der Waals surface area contributed by atoms with Crippen LogP contribution >= 0.6 is 27.5 Å². The minimum atomic E-state index is -0.519. The second-order valence-electron chi connectivity index (χ2n) is 5.27. The largest absolute Gasteiger partial charge is 0.355 e. The van der Waals surface area contributed by atoms with E-state index in [1.165, 1.54) is 6.07 Å². The van der Waals surface area contributed by atoms with Crippen LogP contribution in [0.15, 0.2) is 63.6 Å². The molecule has 3 rings (SSSR count). The fraction of sp³-hybridized carbons (Fsp3) is 0.0556. The highest BCUT2D eigenvalue weighted by molar-refractivity contribution is 9.10. The Morgan fingerprint density at radius 2 is 1.85 bits per heavy atom. The van der Waals surface area contributed by atoms with Crippen LogP contribution in [0.5, 0.6) is 0 Å². The molecule has 26 heavy (non-hydrogen) atoms. The molecular formula is C18H13BrClN3O3. The number of carbonyl (C=O) groups is 2. The molecule has 0 atom stereocenters. The van der Waals surface area contributed by atoms with Crippen molar-refractivity contribution in [2.45, 2.75) is 0 Å². The number of amides is 2. The van der Waals surface area contributed by atoms with Crippen LogP contribution in [-0.2, 0) is 4.79 Å². The Kier molecular flexibility index (Phi) is 5.70. The summed E-state index contributed by atoms with van der Waals surface area (Å²) < 4.78 is 5.92. The number of hydrogen-bond acceptors (Lipinski definition) is 4. The highest BCUT2D eigenvalue weighted by atomic mass is 79.9. The van der Waals surface area contributed by atoms with Crippen LogP contribution in [0.1, 0.15) is 10.5 Å². The zero-order valence-corrected chi connectivity index (χ0v) is 15.7. The van der Waals surface area contributed by atoms with E-state index >= 15 is 0 Å². The molecule has 0 aliphatic rings. The first kappa shape index (κ1) is 18.2. The number of halogens is 2. The van der Waals surface area contributed by atoms with Crippen molar-refractivity contribution in [2.75, 3.05) is 11.9 Å². The molecule has 0 aliphatic heterocycles. The zero-order chi connectivity index (χ0) is 18.5. The van der Waals surface area contributed by atoms with Crippen LogP contribution in [0, 0.1) is 0 Å². The molecule has 0 unspecified atom stereocenters.